The van der Waals surface area contributed by atoms with Crippen molar-refractivity contribution in [2.45, 2.75) is 12.1 Å². The van der Waals surface area contributed by atoms with Crippen molar-refractivity contribution in [2.24, 2.45) is 0 Å². The van der Waals surface area contributed by atoms with E-state index in [1.54, 1.807) is 0 Å². The number of benzene rings is 1. The molecule has 4 heteroatoms. The number of amides is 1. The Balaban J connectivity index is 2.10. The van der Waals surface area contributed by atoms with Crippen molar-refractivity contribution in [3.63, 3.8) is 0 Å². The second kappa shape index (κ2) is 3.22. The van der Waals surface area contributed by atoms with Crippen LogP contribution in [0, 0.1) is 0 Å². The second-order valence-electron chi connectivity index (χ2n) is 4.49. The molecule has 1 aromatic carbocycles. The third-order valence-corrected chi connectivity index (χ3v) is 3.63. The first kappa shape index (κ1) is 9.66. The highest BCUT2D eigenvalue weighted by Gasteiger charge is 2.43. The van der Waals surface area contributed by atoms with E-state index in [4.69, 9.17) is 0 Å². The number of likely N-dealkylation sites (N-methyl/N-ethyl adjacent to an activating group) is 1. The van der Waals surface area contributed by atoms with Crippen molar-refractivity contribution in [1.29, 1.82) is 0 Å². The lowest BCUT2D eigenvalue weighted by Crippen LogP contribution is -2.64. The lowest BCUT2D eigenvalue weighted by Gasteiger charge is -2.44. The second-order valence-corrected chi connectivity index (χ2v) is 4.49. The minimum atomic E-state index is -0.231. The number of carbonyl (C=O) groups excluding carboxylic acids is 1. The van der Waals surface area contributed by atoms with Gasteiger partial charge in [0.05, 0.1) is 11.3 Å². The average molecular weight is 217 g/mol. The van der Waals surface area contributed by atoms with Crippen LogP contribution < -0.4 is 15.5 Å². The van der Waals surface area contributed by atoms with E-state index in [9.17, 15) is 4.79 Å². The van der Waals surface area contributed by atoms with Gasteiger partial charge in [-0.1, -0.05) is 12.1 Å². The molecule has 3 rings (SSSR count). The van der Waals surface area contributed by atoms with Gasteiger partial charge < -0.3 is 15.5 Å². The SMILES string of the molecule is CN1c2ccccc2C(=O)NC12CCNC2. The van der Waals surface area contributed by atoms with Gasteiger partial charge in [0.1, 0.15) is 5.66 Å². The molecule has 2 aliphatic rings. The van der Waals surface area contributed by atoms with E-state index in [2.05, 4.69) is 15.5 Å². The van der Waals surface area contributed by atoms with Crippen LogP contribution in [0.5, 0.6) is 0 Å². The van der Waals surface area contributed by atoms with Gasteiger partial charge in [0.15, 0.2) is 0 Å². The maximum absolute atomic E-state index is 12.0. The summed E-state index contributed by atoms with van der Waals surface area (Å²) in [6, 6.07) is 7.76. The number of hydrogen-bond acceptors (Lipinski definition) is 3. The van der Waals surface area contributed by atoms with Gasteiger partial charge in [0.2, 0.25) is 0 Å². The van der Waals surface area contributed by atoms with Crippen LogP contribution in [-0.2, 0) is 0 Å². The molecule has 1 atom stereocenters. The monoisotopic (exact) mass is 217 g/mol. The highest BCUT2D eigenvalue weighted by molar-refractivity contribution is 6.02. The maximum Gasteiger partial charge on any atom is 0.255 e. The Morgan fingerprint density at radius 3 is 2.94 bits per heavy atom. The lowest BCUT2D eigenvalue weighted by atomic mass is 9.99. The van der Waals surface area contributed by atoms with Crippen LogP contribution in [0.2, 0.25) is 0 Å². The summed E-state index contributed by atoms with van der Waals surface area (Å²) in [4.78, 5) is 14.2. The fourth-order valence-electron chi connectivity index (χ4n) is 2.62. The Kier molecular flexibility index (Phi) is 1.94. The molecule has 2 heterocycles. The standard InChI is InChI=1S/C12H15N3O/c1-15-10-5-3-2-4-9(10)11(16)14-12(15)6-7-13-8-12/h2-5,13H,6-8H2,1H3,(H,14,16). The zero-order valence-electron chi connectivity index (χ0n) is 9.29. The Hall–Kier alpha value is -1.55. The Bertz CT molecular complexity index is 438. The summed E-state index contributed by atoms with van der Waals surface area (Å²) in [7, 11) is 2.05. The molecule has 1 unspecified atom stereocenters. The molecule has 1 amide bonds. The maximum atomic E-state index is 12.0. The Labute approximate surface area is 94.6 Å². The molecule has 0 bridgehead atoms. The first-order valence-corrected chi connectivity index (χ1v) is 5.59. The van der Waals surface area contributed by atoms with Crippen molar-refractivity contribution in [3.05, 3.63) is 29.8 Å². The zero-order chi connectivity index (χ0) is 11.2. The predicted molar refractivity (Wildman–Crippen MR) is 62.5 cm³/mol. The minimum Gasteiger partial charge on any atom is -0.350 e. The lowest BCUT2D eigenvalue weighted by molar-refractivity contribution is 0.0892. The van der Waals surface area contributed by atoms with Crippen LogP contribution in [0.4, 0.5) is 5.69 Å². The van der Waals surface area contributed by atoms with Gasteiger partial charge in [0.25, 0.3) is 5.91 Å². The van der Waals surface area contributed by atoms with Crippen LogP contribution >= 0.6 is 0 Å². The molecule has 2 aliphatic heterocycles. The molecule has 0 saturated carbocycles. The zero-order valence-corrected chi connectivity index (χ0v) is 9.29. The van der Waals surface area contributed by atoms with Gasteiger partial charge in [-0.05, 0) is 18.7 Å². The highest BCUT2D eigenvalue weighted by Crippen LogP contribution is 2.32. The highest BCUT2D eigenvalue weighted by atomic mass is 16.2. The Morgan fingerprint density at radius 1 is 1.38 bits per heavy atom. The van der Waals surface area contributed by atoms with Crippen LogP contribution in [0.1, 0.15) is 16.8 Å². The number of para-hydroxylation sites is 1. The largest absolute Gasteiger partial charge is 0.350 e. The third kappa shape index (κ3) is 1.16. The third-order valence-electron chi connectivity index (χ3n) is 3.63. The number of anilines is 1. The molecule has 0 aliphatic carbocycles. The molecular weight excluding hydrogens is 202 g/mol. The predicted octanol–water partition coefficient (Wildman–Crippen LogP) is 0.556. The van der Waals surface area contributed by atoms with Gasteiger partial charge >= 0.3 is 0 Å². The normalized spacial score (nSPS) is 28.1. The summed E-state index contributed by atoms with van der Waals surface area (Å²) in [5.74, 6) is 0.0393. The van der Waals surface area contributed by atoms with Gasteiger partial charge in [0, 0.05) is 20.0 Å². The van der Waals surface area contributed by atoms with E-state index in [0.29, 0.717) is 0 Å². The number of nitrogens with zero attached hydrogens (tertiary/aromatic N) is 1. The molecule has 84 valence electrons. The molecule has 1 fully saturated rings. The quantitative estimate of drug-likeness (QED) is 0.667. The van der Waals surface area contributed by atoms with Crippen LogP contribution in [0.25, 0.3) is 0 Å². The molecule has 4 nitrogen and oxygen atoms in total. The van der Waals surface area contributed by atoms with Gasteiger partial charge in [-0.2, -0.15) is 0 Å². The molecular formula is C12H15N3O. The minimum absolute atomic E-state index is 0.0393. The fraction of sp³-hybridized carbons (Fsp3) is 0.417. The topological polar surface area (TPSA) is 44.4 Å². The first-order valence-electron chi connectivity index (χ1n) is 5.59. The summed E-state index contributed by atoms with van der Waals surface area (Å²) >= 11 is 0. The first-order chi connectivity index (χ1) is 7.73. The van der Waals surface area contributed by atoms with Gasteiger partial charge in [-0.15, -0.1) is 0 Å². The summed E-state index contributed by atoms with van der Waals surface area (Å²) < 4.78 is 0. The Morgan fingerprint density at radius 2 is 2.19 bits per heavy atom. The number of fused-ring (bicyclic) bond motifs is 1. The van der Waals surface area contributed by atoms with E-state index >= 15 is 0 Å². The van der Waals surface area contributed by atoms with Crippen molar-refractivity contribution in [2.75, 3.05) is 25.0 Å². The summed E-state index contributed by atoms with van der Waals surface area (Å²) in [5, 5.41) is 6.43. The van der Waals surface area contributed by atoms with Gasteiger partial charge in [-0.3, -0.25) is 4.79 Å². The van der Waals surface area contributed by atoms with Crippen LogP contribution in [0.15, 0.2) is 24.3 Å². The van der Waals surface area contributed by atoms with E-state index < -0.39 is 0 Å². The summed E-state index contributed by atoms with van der Waals surface area (Å²) in [6.07, 6.45) is 0.948. The average Bonchev–Trinajstić information content (AvgIpc) is 2.76. The van der Waals surface area contributed by atoms with Crippen LogP contribution in [0.3, 0.4) is 0 Å². The van der Waals surface area contributed by atoms with E-state index in [1.807, 2.05) is 31.3 Å². The fourth-order valence-corrected chi connectivity index (χ4v) is 2.62. The molecule has 0 aromatic heterocycles. The van der Waals surface area contributed by atoms with Crippen molar-refractivity contribution in [1.82, 2.24) is 10.6 Å². The number of carbonyl (C=O) groups is 1. The molecule has 1 saturated heterocycles. The van der Waals surface area contributed by atoms with Crippen LogP contribution in [-0.4, -0.2) is 31.7 Å². The smallest absolute Gasteiger partial charge is 0.255 e. The summed E-state index contributed by atoms with van der Waals surface area (Å²) in [5.41, 5.74) is 1.56. The molecule has 1 spiro atoms. The molecule has 2 N–H and O–H groups in total. The van der Waals surface area contributed by atoms with Crippen molar-refractivity contribution >= 4 is 11.6 Å². The number of hydrogen-bond donors (Lipinski definition) is 2. The van der Waals surface area contributed by atoms with Crippen molar-refractivity contribution < 1.29 is 4.79 Å². The number of rotatable bonds is 0. The number of nitrogens with one attached hydrogen (secondary N) is 2. The van der Waals surface area contributed by atoms with Crippen molar-refractivity contribution in [3.8, 4) is 0 Å². The molecule has 16 heavy (non-hydrogen) atoms. The molecule has 1 aromatic rings. The van der Waals surface area contributed by atoms with Gasteiger partial charge in [-0.25, -0.2) is 0 Å². The van der Waals surface area contributed by atoms with E-state index in [-0.39, 0.29) is 11.6 Å². The molecule has 0 radical (unpaired) electrons. The van der Waals surface area contributed by atoms with E-state index in [0.717, 1.165) is 30.8 Å². The summed E-state index contributed by atoms with van der Waals surface area (Å²) in [6.45, 7) is 1.76. The van der Waals surface area contributed by atoms with E-state index in [1.165, 1.54) is 0 Å².